The van der Waals surface area contributed by atoms with Gasteiger partial charge in [-0.25, -0.2) is 0 Å². The summed E-state index contributed by atoms with van der Waals surface area (Å²) in [7, 11) is 0. The fraction of sp³-hybridized carbons (Fsp3) is 0.583. The SMILES string of the molecule is CCC(CC)(CO)CNC(=O)c1cc(Br)c(Br)s1. The summed E-state index contributed by atoms with van der Waals surface area (Å²) in [6.07, 6.45) is 1.69. The first-order valence-electron chi connectivity index (χ1n) is 5.82. The molecule has 1 rings (SSSR count). The third-order valence-electron chi connectivity index (χ3n) is 3.33. The predicted molar refractivity (Wildman–Crippen MR) is 82.2 cm³/mol. The highest BCUT2D eigenvalue weighted by Crippen LogP contribution is 2.32. The summed E-state index contributed by atoms with van der Waals surface area (Å²) in [5.74, 6) is -0.0916. The molecule has 0 aliphatic heterocycles. The van der Waals surface area contributed by atoms with Gasteiger partial charge in [0.25, 0.3) is 5.91 Å². The van der Waals surface area contributed by atoms with Gasteiger partial charge in [-0.3, -0.25) is 4.79 Å². The van der Waals surface area contributed by atoms with Gasteiger partial charge in [-0.1, -0.05) is 13.8 Å². The van der Waals surface area contributed by atoms with Crippen LogP contribution in [0.5, 0.6) is 0 Å². The van der Waals surface area contributed by atoms with E-state index in [1.165, 1.54) is 11.3 Å². The lowest BCUT2D eigenvalue weighted by Gasteiger charge is -2.29. The van der Waals surface area contributed by atoms with Crippen molar-refractivity contribution in [2.45, 2.75) is 26.7 Å². The first-order valence-corrected chi connectivity index (χ1v) is 8.22. The van der Waals surface area contributed by atoms with Crippen LogP contribution >= 0.6 is 43.2 Å². The van der Waals surface area contributed by atoms with Gasteiger partial charge in [0.2, 0.25) is 0 Å². The van der Waals surface area contributed by atoms with E-state index in [1.54, 1.807) is 6.07 Å². The lowest BCUT2D eigenvalue weighted by molar-refractivity contribution is 0.0854. The van der Waals surface area contributed by atoms with Crippen LogP contribution in [0, 0.1) is 5.41 Å². The van der Waals surface area contributed by atoms with E-state index in [1.807, 2.05) is 13.8 Å². The van der Waals surface area contributed by atoms with Gasteiger partial charge < -0.3 is 10.4 Å². The molecule has 2 N–H and O–H groups in total. The average molecular weight is 399 g/mol. The van der Waals surface area contributed by atoms with E-state index in [-0.39, 0.29) is 17.9 Å². The van der Waals surface area contributed by atoms with Crippen LogP contribution in [-0.4, -0.2) is 24.2 Å². The summed E-state index contributed by atoms with van der Waals surface area (Å²) in [4.78, 5) is 12.6. The third kappa shape index (κ3) is 3.79. The smallest absolute Gasteiger partial charge is 0.261 e. The molecule has 0 unspecified atom stereocenters. The number of aliphatic hydroxyl groups excluding tert-OH is 1. The maximum atomic E-state index is 12.0. The number of hydrogen-bond donors (Lipinski definition) is 2. The van der Waals surface area contributed by atoms with Crippen molar-refractivity contribution in [3.63, 3.8) is 0 Å². The minimum Gasteiger partial charge on any atom is -0.396 e. The Labute approximate surface area is 128 Å². The molecule has 0 saturated heterocycles. The summed E-state index contributed by atoms with van der Waals surface area (Å²) < 4.78 is 1.80. The average Bonchev–Trinajstić information content (AvgIpc) is 2.72. The van der Waals surface area contributed by atoms with Crippen molar-refractivity contribution in [2.75, 3.05) is 13.2 Å². The Morgan fingerprint density at radius 3 is 2.44 bits per heavy atom. The summed E-state index contributed by atoms with van der Waals surface area (Å²) in [6, 6.07) is 1.79. The van der Waals surface area contributed by atoms with E-state index in [4.69, 9.17) is 0 Å². The zero-order chi connectivity index (χ0) is 13.8. The first-order chi connectivity index (χ1) is 8.48. The molecule has 0 atom stereocenters. The van der Waals surface area contributed by atoms with Gasteiger partial charge in [0.1, 0.15) is 0 Å². The molecule has 18 heavy (non-hydrogen) atoms. The van der Waals surface area contributed by atoms with Gasteiger partial charge in [-0.15, -0.1) is 11.3 Å². The molecular formula is C12H17Br2NO2S. The van der Waals surface area contributed by atoms with Crippen LogP contribution in [-0.2, 0) is 0 Å². The van der Waals surface area contributed by atoms with E-state index in [9.17, 15) is 9.90 Å². The number of thiophene rings is 1. The molecule has 1 aromatic rings. The van der Waals surface area contributed by atoms with Crippen molar-refractivity contribution >= 4 is 49.1 Å². The van der Waals surface area contributed by atoms with Gasteiger partial charge in [-0.05, 0) is 50.8 Å². The topological polar surface area (TPSA) is 49.3 Å². The molecule has 0 aromatic carbocycles. The molecule has 1 heterocycles. The van der Waals surface area contributed by atoms with Crippen molar-refractivity contribution in [2.24, 2.45) is 5.41 Å². The van der Waals surface area contributed by atoms with Crippen LogP contribution in [0.1, 0.15) is 36.4 Å². The zero-order valence-corrected chi connectivity index (χ0v) is 14.4. The van der Waals surface area contributed by atoms with Gasteiger partial charge >= 0.3 is 0 Å². The number of rotatable bonds is 6. The van der Waals surface area contributed by atoms with Gasteiger partial charge in [0, 0.05) is 16.4 Å². The molecule has 0 bridgehead atoms. The number of carbonyl (C=O) groups excluding carboxylic acids is 1. The Hall–Kier alpha value is 0.0900. The van der Waals surface area contributed by atoms with E-state index < -0.39 is 0 Å². The Morgan fingerprint density at radius 2 is 2.06 bits per heavy atom. The number of hydrogen-bond acceptors (Lipinski definition) is 3. The molecule has 0 aliphatic rings. The number of nitrogens with one attached hydrogen (secondary N) is 1. The first kappa shape index (κ1) is 16.1. The van der Waals surface area contributed by atoms with Crippen LogP contribution < -0.4 is 5.32 Å². The van der Waals surface area contributed by atoms with Gasteiger partial charge in [0.15, 0.2) is 0 Å². The van der Waals surface area contributed by atoms with Crippen LogP contribution in [0.3, 0.4) is 0 Å². The monoisotopic (exact) mass is 397 g/mol. The summed E-state index contributed by atoms with van der Waals surface area (Å²) >= 11 is 8.12. The summed E-state index contributed by atoms with van der Waals surface area (Å²) in [5.41, 5.74) is -0.207. The standard InChI is InChI=1S/C12H17Br2NO2S/c1-3-12(4-2,7-16)6-15-11(17)9-5-8(13)10(14)18-9/h5,16H,3-4,6-7H2,1-2H3,(H,15,17). The van der Waals surface area contributed by atoms with E-state index in [0.717, 1.165) is 21.1 Å². The number of carbonyl (C=O) groups is 1. The highest BCUT2D eigenvalue weighted by molar-refractivity contribution is 9.13. The molecule has 0 fully saturated rings. The molecule has 1 amide bonds. The third-order valence-corrected chi connectivity index (χ3v) is 6.58. The lowest BCUT2D eigenvalue weighted by atomic mass is 9.83. The molecule has 1 aromatic heterocycles. The lowest BCUT2D eigenvalue weighted by Crippen LogP contribution is -2.39. The molecule has 0 radical (unpaired) electrons. The van der Waals surface area contributed by atoms with E-state index in [0.29, 0.717) is 11.4 Å². The highest BCUT2D eigenvalue weighted by atomic mass is 79.9. The number of aliphatic hydroxyl groups is 1. The van der Waals surface area contributed by atoms with Crippen molar-refractivity contribution in [1.82, 2.24) is 5.32 Å². The molecule has 6 heteroatoms. The summed E-state index contributed by atoms with van der Waals surface area (Å²) in [6.45, 7) is 4.66. The second-order valence-corrected chi connectivity index (χ2v) is 7.50. The van der Waals surface area contributed by atoms with Crippen molar-refractivity contribution in [1.29, 1.82) is 0 Å². The summed E-state index contributed by atoms with van der Waals surface area (Å²) in [5, 5.41) is 12.3. The molecular weight excluding hydrogens is 382 g/mol. The Kier molecular flexibility index (Phi) is 6.30. The molecule has 3 nitrogen and oxygen atoms in total. The van der Waals surface area contributed by atoms with Crippen LogP contribution in [0.2, 0.25) is 0 Å². The van der Waals surface area contributed by atoms with Gasteiger partial charge in [-0.2, -0.15) is 0 Å². The number of halogens is 2. The Balaban J connectivity index is 2.65. The molecule has 0 aliphatic carbocycles. The Morgan fingerprint density at radius 1 is 1.44 bits per heavy atom. The molecule has 0 spiro atoms. The molecule has 102 valence electrons. The minimum absolute atomic E-state index is 0.0916. The van der Waals surface area contributed by atoms with E-state index in [2.05, 4.69) is 37.2 Å². The van der Waals surface area contributed by atoms with Crippen molar-refractivity contribution < 1.29 is 9.90 Å². The van der Waals surface area contributed by atoms with Crippen molar-refractivity contribution in [3.8, 4) is 0 Å². The minimum atomic E-state index is -0.207. The second-order valence-electron chi connectivity index (χ2n) is 4.28. The molecule has 0 saturated carbocycles. The normalized spacial score (nSPS) is 11.6. The quantitative estimate of drug-likeness (QED) is 0.765. The largest absolute Gasteiger partial charge is 0.396 e. The van der Waals surface area contributed by atoms with Crippen LogP contribution in [0.4, 0.5) is 0 Å². The number of amides is 1. The fourth-order valence-corrected chi connectivity index (χ4v) is 3.54. The Bertz CT molecular complexity index is 388. The maximum Gasteiger partial charge on any atom is 0.261 e. The maximum absolute atomic E-state index is 12.0. The van der Waals surface area contributed by atoms with Crippen molar-refractivity contribution in [3.05, 3.63) is 19.2 Å². The van der Waals surface area contributed by atoms with Crippen LogP contribution in [0.25, 0.3) is 0 Å². The fourth-order valence-electron chi connectivity index (χ4n) is 1.59. The zero-order valence-electron chi connectivity index (χ0n) is 10.4. The highest BCUT2D eigenvalue weighted by Gasteiger charge is 2.26. The van der Waals surface area contributed by atoms with Crippen LogP contribution in [0.15, 0.2) is 14.3 Å². The van der Waals surface area contributed by atoms with E-state index >= 15 is 0 Å². The predicted octanol–water partition coefficient (Wildman–Crippen LogP) is 3.80. The second kappa shape index (κ2) is 7.03. The van der Waals surface area contributed by atoms with Gasteiger partial charge in [0.05, 0.1) is 15.3 Å².